The summed E-state index contributed by atoms with van der Waals surface area (Å²) >= 11 is 1.80. The Kier molecular flexibility index (Phi) is 5.97. The third-order valence-electron chi connectivity index (χ3n) is 4.03. The summed E-state index contributed by atoms with van der Waals surface area (Å²) in [5.41, 5.74) is -0.244. The zero-order valence-corrected chi connectivity index (χ0v) is 13.7. The Bertz CT molecular complexity index is 525. The highest BCUT2D eigenvalue weighted by atomic mass is 32.2. The van der Waals surface area contributed by atoms with Gasteiger partial charge in [-0.05, 0) is 36.3 Å². The van der Waals surface area contributed by atoms with Crippen molar-refractivity contribution >= 4 is 17.7 Å². The lowest BCUT2D eigenvalue weighted by molar-refractivity contribution is -0.137. The Morgan fingerprint density at radius 1 is 1.35 bits per heavy atom. The molecule has 1 aliphatic heterocycles. The maximum absolute atomic E-state index is 12.5. The van der Waals surface area contributed by atoms with Gasteiger partial charge in [0, 0.05) is 25.8 Å². The van der Waals surface area contributed by atoms with E-state index in [4.69, 9.17) is 4.74 Å². The number of carbonyl (C=O) groups excluding carboxylic acids is 1. The van der Waals surface area contributed by atoms with E-state index in [-0.39, 0.29) is 17.9 Å². The van der Waals surface area contributed by atoms with Crippen LogP contribution in [0.3, 0.4) is 0 Å². The molecule has 1 aliphatic rings. The van der Waals surface area contributed by atoms with E-state index in [0.717, 1.165) is 30.1 Å². The van der Waals surface area contributed by atoms with Gasteiger partial charge in [0.05, 0.1) is 11.2 Å². The molecule has 0 aliphatic carbocycles. The molecule has 1 aromatic rings. The number of alkyl halides is 3. The number of methoxy groups -OCH3 is 1. The summed E-state index contributed by atoms with van der Waals surface area (Å²) in [7, 11) is 1.65. The van der Waals surface area contributed by atoms with Crippen LogP contribution in [0.1, 0.15) is 24.0 Å². The fraction of sp³-hybridized carbons (Fsp3) is 0.562. The second kappa shape index (κ2) is 7.57. The maximum atomic E-state index is 12.5. The minimum absolute atomic E-state index is 0.113. The fourth-order valence-corrected chi connectivity index (χ4v) is 3.82. The molecule has 2 rings (SSSR count). The summed E-state index contributed by atoms with van der Waals surface area (Å²) in [6.45, 7) is 0.475. The van der Waals surface area contributed by atoms with Crippen molar-refractivity contribution in [2.45, 2.75) is 31.0 Å². The largest absolute Gasteiger partial charge is 0.416 e. The highest BCUT2D eigenvalue weighted by molar-refractivity contribution is 7.99. The predicted molar refractivity (Wildman–Crippen MR) is 84.5 cm³/mol. The normalized spacial score (nSPS) is 21.4. The summed E-state index contributed by atoms with van der Waals surface area (Å²) in [5, 5.41) is 2.86. The van der Waals surface area contributed by atoms with Crippen LogP contribution in [-0.2, 0) is 22.1 Å². The zero-order chi connectivity index (χ0) is 16.9. The van der Waals surface area contributed by atoms with Gasteiger partial charge in [0.1, 0.15) is 0 Å². The van der Waals surface area contributed by atoms with Crippen molar-refractivity contribution < 1.29 is 22.7 Å². The van der Waals surface area contributed by atoms with Crippen molar-refractivity contribution in [2.24, 2.45) is 0 Å². The number of nitrogens with one attached hydrogen (secondary N) is 1. The lowest BCUT2D eigenvalue weighted by atomic mass is 10.0. The van der Waals surface area contributed by atoms with E-state index in [1.165, 1.54) is 12.1 Å². The molecule has 128 valence electrons. The molecule has 23 heavy (non-hydrogen) atoms. The first-order chi connectivity index (χ1) is 10.8. The third-order valence-corrected chi connectivity index (χ3v) is 5.25. The lowest BCUT2D eigenvalue weighted by Crippen LogP contribution is -2.44. The van der Waals surface area contributed by atoms with Crippen LogP contribution in [0.2, 0.25) is 0 Å². The summed E-state index contributed by atoms with van der Waals surface area (Å²) in [6, 6.07) is 4.92. The number of carbonyl (C=O) groups is 1. The van der Waals surface area contributed by atoms with Crippen molar-refractivity contribution in [1.82, 2.24) is 5.32 Å². The molecule has 7 heteroatoms. The van der Waals surface area contributed by atoms with Crippen LogP contribution >= 0.6 is 11.8 Å². The molecule has 1 heterocycles. The van der Waals surface area contributed by atoms with E-state index in [1.807, 2.05) is 0 Å². The topological polar surface area (TPSA) is 38.3 Å². The SMILES string of the molecule is COC1(CNC(=O)CCc2ccc(C(F)(F)F)cc2)CCSC1. The third kappa shape index (κ3) is 5.14. The highest BCUT2D eigenvalue weighted by Gasteiger charge is 2.34. The van der Waals surface area contributed by atoms with Crippen LogP contribution in [0, 0.1) is 0 Å². The second-order valence-corrected chi connectivity index (χ2v) is 6.77. The summed E-state index contributed by atoms with van der Waals surface area (Å²) < 4.78 is 42.9. The standard InChI is InChI=1S/C16H20F3NO2S/c1-22-15(8-9-23-11-15)10-20-14(21)7-4-12-2-5-13(6-3-12)16(17,18)19/h2-3,5-6H,4,7-11H2,1H3,(H,20,21). The number of hydrogen-bond acceptors (Lipinski definition) is 3. The molecule has 0 radical (unpaired) electrons. The van der Waals surface area contributed by atoms with Gasteiger partial charge >= 0.3 is 6.18 Å². The van der Waals surface area contributed by atoms with E-state index in [2.05, 4.69) is 5.32 Å². The van der Waals surface area contributed by atoms with Gasteiger partial charge in [-0.2, -0.15) is 24.9 Å². The molecule has 1 unspecified atom stereocenters. The quantitative estimate of drug-likeness (QED) is 0.858. The molecule has 1 saturated heterocycles. The average molecular weight is 347 g/mol. The molecule has 0 bridgehead atoms. The van der Waals surface area contributed by atoms with Gasteiger partial charge in [-0.15, -0.1) is 0 Å². The van der Waals surface area contributed by atoms with Crippen molar-refractivity contribution in [3.63, 3.8) is 0 Å². The van der Waals surface area contributed by atoms with Gasteiger partial charge in [0.2, 0.25) is 5.91 Å². The van der Waals surface area contributed by atoms with Crippen molar-refractivity contribution in [3.05, 3.63) is 35.4 Å². The van der Waals surface area contributed by atoms with Gasteiger partial charge in [-0.25, -0.2) is 0 Å². The van der Waals surface area contributed by atoms with Crippen molar-refractivity contribution in [2.75, 3.05) is 25.2 Å². The van der Waals surface area contributed by atoms with Gasteiger partial charge < -0.3 is 10.1 Å². The van der Waals surface area contributed by atoms with E-state index in [1.54, 1.807) is 18.9 Å². The number of aryl methyl sites for hydroxylation is 1. The molecule has 1 amide bonds. The van der Waals surface area contributed by atoms with Crippen molar-refractivity contribution in [1.29, 1.82) is 0 Å². The van der Waals surface area contributed by atoms with Crippen LogP contribution in [0.25, 0.3) is 0 Å². The van der Waals surface area contributed by atoms with E-state index < -0.39 is 11.7 Å². The summed E-state index contributed by atoms with van der Waals surface area (Å²) in [4.78, 5) is 11.9. The van der Waals surface area contributed by atoms with Gasteiger partial charge in [0.25, 0.3) is 0 Å². The number of thioether (sulfide) groups is 1. The molecule has 1 N–H and O–H groups in total. The fourth-order valence-electron chi connectivity index (χ4n) is 2.43. The number of hydrogen-bond donors (Lipinski definition) is 1. The molecular weight excluding hydrogens is 327 g/mol. The Hall–Kier alpha value is -1.21. The molecule has 1 aromatic carbocycles. The van der Waals surface area contributed by atoms with Crippen LogP contribution in [0.15, 0.2) is 24.3 Å². The average Bonchev–Trinajstić information content (AvgIpc) is 3.00. The second-order valence-electron chi connectivity index (χ2n) is 5.66. The first-order valence-corrected chi connectivity index (χ1v) is 8.56. The molecule has 0 spiro atoms. The van der Waals surface area contributed by atoms with Gasteiger partial charge in [-0.1, -0.05) is 12.1 Å². The van der Waals surface area contributed by atoms with Crippen molar-refractivity contribution in [3.8, 4) is 0 Å². The van der Waals surface area contributed by atoms with Crippen LogP contribution in [0.4, 0.5) is 13.2 Å². The minimum atomic E-state index is -4.33. The van der Waals surface area contributed by atoms with Gasteiger partial charge in [-0.3, -0.25) is 4.79 Å². The van der Waals surface area contributed by atoms with Gasteiger partial charge in [0.15, 0.2) is 0 Å². The number of amides is 1. The molecule has 1 fully saturated rings. The van der Waals surface area contributed by atoms with E-state index in [0.29, 0.717) is 18.5 Å². The smallest absolute Gasteiger partial charge is 0.376 e. The number of halogens is 3. The summed E-state index contributed by atoms with van der Waals surface area (Å²) in [6.07, 6.45) is -2.76. The Morgan fingerprint density at radius 3 is 2.57 bits per heavy atom. The molecule has 0 aromatic heterocycles. The molecule has 1 atom stereocenters. The number of rotatable bonds is 6. The molecular formula is C16H20F3NO2S. The number of benzene rings is 1. The summed E-state index contributed by atoms with van der Waals surface area (Å²) in [5.74, 6) is 1.77. The van der Waals surface area contributed by atoms with Crippen LogP contribution in [-0.4, -0.2) is 36.7 Å². The van der Waals surface area contributed by atoms with Crippen LogP contribution < -0.4 is 5.32 Å². The Balaban J connectivity index is 1.78. The number of ether oxygens (including phenoxy) is 1. The Morgan fingerprint density at radius 2 is 2.04 bits per heavy atom. The van der Waals surface area contributed by atoms with E-state index >= 15 is 0 Å². The maximum Gasteiger partial charge on any atom is 0.416 e. The molecule has 3 nitrogen and oxygen atoms in total. The Labute approximate surface area is 138 Å². The first-order valence-electron chi connectivity index (χ1n) is 7.40. The lowest BCUT2D eigenvalue weighted by Gasteiger charge is -2.26. The predicted octanol–water partition coefficient (Wildman–Crippen LogP) is 3.28. The van der Waals surface area contributed by atoms with E-state index in [9.17, 15) is 18.0 Å². The van der Waals surface area contributed by atoms with Crippen LogP contribution in [0.5, 0.6) is 0 Å². The molecule has 0 saturated carbocycles. The monoisotopic (exact) mass is 347 g/mol. The first kappa shape index (κ1) is 18.1. The highest BCUT2D eigenvalue weighted by Crippen LogP contribution is 2.30. The zero-order valence-electron chi connectivity index (χ0n) is 12.9. The minimum Gasteiger partial charge on any atom is -0.376 e.